The van der Waals surface area contributed by atoms with Gasteiger partial charge in [-0.3, -0.25) is 4.79 Å². The van der Waals surface area contributed by atoms with E-state index < -0.39 is 0 Å². The third-order valence-electron chi connectivity index (χ3n) is 4.37. The summed E-state index contributed by atoms with van der Waals surface area (Å²) in [7, 11) is 0. The molecule has 3 heteroatoms. The van der Waals surface area contributed by atoms with Gasteiger partial charge >= 0.3 is 5.97 Å². The molecular weight excluding hydrogens is 192 g/mol. The SMILES string of the molecule is CCOC(=O)C[C@@H]1C[C@@]2(O[C@H]2C)C1(C)C. The average Bonchev–Trinajstić information content (AvgIpc) is 2.80. The second-order valence-electron chi connectivity index (χ2n) is 5.28. The molecule has 15 heavy (non-hydrogen) atoms. The van der Waals surface area contributed by atoms with E-state index >= 15 is 0 Å². The zero-order chi connectivity index (χ0) is 11.3. The number of hydrogen-bond donors (Lipinski definition) is 0. The minimum absolute atomic E-state index is 0.0706. The van der Waals surface area contributed by atoms with Gasteiger partial charge in [0, 0.05) is 6.42 Å². The lowest BCUT2D eigenvalue weighted by Gasteiger charge is -2.51. The van der Waals surface area contributed by atoms with Crippen LogP contribution in [0.15, 0.2) is 0 Å². The molecule has 0 bridgehead atoms. The van der Waals surface area contributed by atoms with Gasteiger partial charge in [0.25, 0.3) is 0 Å². The molecule has 3 nitrogen and oxygen atoms in total. The zero-order valence-electron chi connectivity index (χ0n) is 10.0. The number of carbonyl (C=O) groups is 1. The Bertz CT molecular complexity index is 285. The molecule has 1 aliphatic heterocycles. The maximum Gasteiger partial charge on any atom is 0.306 e. The molecule has 1 saturated heterocycles. The summed E-state index contributed by atoms with van der Waals surface area (Å²) < 4.78 is 10.7. The van der Waals surface area contributed by atoms with Crippen LogP contribution in [0.3, 0.4) is 0 Å². The van der Waals surface area contributed by atoms with Crippen molar-refractivity contribution in [3.63, 3.8) is 0 Å². The number of rotatable bonds is 3. The molecular formula is C12H20O3. The molecule has 0 aromatic rings. The number of carbonyl (C=O) groups excluding carboxylic acids is 1. The van der Waals surface area contributed by atoms with Gasteiger partial charge in [0.05, 0.1) is 12.7 Å². The van der Waals surface area contributed by atoms with Crippen LogP contribution < -0.4 is 0 Å². The van der Waals surface area contributed by atoms with E-state index in [1.807, 2.05) is 6.92 Å². The van der Waals surface area contributed by atoms with Crippen molar-refractivity contribution in [3.05, 3.63) is 0 Å². The van der Waals surface area contributed by atoms with E-state index in [2.05, 4.69) is 20.8 Å². The predicted octanol–water partition coefficient (Wildman–Crippen LogP) is 2.14. The van der Waals surface area contributed by atoms with Crippen LogP contribution in [0.4, 0.5) is 0 Å². The molecule has 1 spiro atoms. The van der Waals surface area contributed by atoms with E-state index in [4.69, 9.17) is 9.47 Å². The third kappa shape index (κ3) is 1.40. The number of hydrogen-bond acceptors (Lipinski definition) is 3. The van der Waals surface area contributed by atoms with Crippen LogP contribution in [-0.4, -0.2) is 24.3 Å². The third-order valence-corrected chi connectivity index (χ3v) is 4.37. The summed E-state index contributed by atoms with van der Waals surface area (Å²) >= 11 is 0. The van der Waals surface area contributed by atoms with Gasteiger partial charge in [-0.25, -0.2) is 0 Å². The Hall–Kier alpha value is -0.570. The molecule has 0 N–H and O–H groups in total. The highest BCUT2D eigenvalue weighted by molar-refractivity contribution is 5.70. The second kappa shape index (κ2) is 3.21. The van der Waals surface area contributed by atoms with Gasteiger partial charge in [-0.15, -0.1) is 0 Å². The lowest BCUT2D eigenvalue weighted by atomic mass is 9.52. The van der Waals surface area contributed by atoms with Crippen molar-refractivity contribution in [1.29, 1.82) is 0 Å². The van der Waals surface area contributed by atoms with Gasteiger partial charge in [-0.1, -0.05) is 13.8 Å². The maximum atomic E-state index is 11.4. The van der Waals surface area contributed by atoms with Gasteiger partial charge in [-0.2, -0.15) is 0 Å². The quantitative estimate of drug-likeness (QED) is 0.531. The van der Waals surface area contributed by atoms with Crippen molar-refractivity contribution in [2.75, 3.05) is 6.61 Å². The van der Waals surface area contributed by atoms with Crippen LogP contribution in [0, 0.1) is 11.3 Å². The monoisotopic (exact) mass is 212 g/mol. The van der Waals surface area contributed by atoms with Gasteiger partial charge in [0.15, 0.2) is 0 Å². The Morgan fingerprint density at radius 2 is 2.13 bits per heavy atom. The summed E-state index contributed by atoms with van der Waals surface area (Å²) in [5, 5.41) is 0. The van der Waals surface area contributed by atoms with Gasteiger partial charge < -0.3 is 9.47 Å². The molecule has 1 heterocycles. The van der Waals surface area contributed by atoms with Crippen molar-refractivity contribution >= 4 is 5.97 Å². The predicted molar refractivity (Wildman–Crippen MR) is 56.4 cm³/mol. The molecule has 3 atom stereocenters. The van der Waals surface area contributed by atoms with Crippen LogP contribution in [-0.2, 0) is 14.3 Å². The summed E-state index contributed by atoms with van der Waals surface area (Å²) in [6.45, 7) is 8.83. The van der Waals surface area contributed by atoms with Crippen molar-refractivity contribution < 1.29 is 14.3 Å². The molecule has 0 unspecified atom stereocenters. The molecule has 2 rings (SSSR count). The Kier molecular flexibility index (Phi) is 2.34. The maximum absolute atomic E-state index is 11.4. The standard InChI is InChI=1S/C12H20O3/c1-5-14-10(13)6-9-7-12(8(2)15-12)11(9,3)4/h8-9H,5-7H2,1-4H3/t8-,9+,12-/m0/s1. The minimum atomic E-state index is -0.0706. The molecule has 2 fully saturated rings. The van der Waals surface area contributed by atoms with Crippen LogP contribution in [0.2, 0.25) is 0 Å². The van der Waals surface area contributed by atoms with E-state index in [-0.39, 0.29) is 17.0 Å². The molecule has 0 amide bonds. The normalized spacial score (nSPS) is 41.1. The fourth-order valence-electron chi connectivity index (χ4n) is 3.02. The molecule has 86 valence electrons. The van der Waals surface area contributed by atoms with Crippen molar-refractivity contribution in [2.24, 2.45) is 11.3 Å². The van der Waals surface area contributed by atoms with Gasteiger partial charge in [0.1, 0.15) is 5.60 Å². The first-order valence-electron chi connectivity index (χ1n) is 5.77. The van der Waals surface area contributed by atoms with Crippen LogP contribution >= 0.6 is 0 Å². The van der Waals surface area contributed by atoms with Gasteiger partial charge in [0.2, 0.25) is 0 Å². The summed E-state index contributed by atoms with van der Waals surface area (Å²) in [5.41, 5.74) is 0.198. The van der Waals surface area contributed by atoms with E-state index in [1.54, 1.807) is 0 Å². The number of ether oxygens (including phenoxy) is 2. The fourth-order valence-corrected chi connectivity index (χ4v) is 3.02. The first-order valence-corrected chi connectivity index (χ1v) is 5.77. The summed E-state index contributed by atoms with van der Waals surface area (Å²) in [5.74, 6) is 0.347. The Labute approximate surface area is 91.1 Å². The Morgan fingerprint density at radius 3 is 2.53 bits per heavy atom. The minimum Gasteiger partial charge on any atom is -0.466 e. The molecule has 1 saturated carbocycles. The lowest BCUT2D eigenvalue weighted by Crippen LogP contribution is -2.54. The van der Waals surface area contributed by atoms with E-state index in [0.29, 0.717) is 25.0 Å². The topological polar surface area (TPSA) is 38.8 Å². The Morgan fingerprint density at radius 1 is 1.53 bits per heavy atom. The largest absolute Gasteiger partial charge is 0.466 e. The summed E-state index contributed by atoms with van der Waals surface area (Å²) in [6, 6.07) is 0. The summed E-state index contributed by atoms with van der Waals surface area (Å²) in [6.07, 6.45) is 1.92. The highest BCUT2D eigenvalue weighted by atomic mass is 16.6. The van der Waals surface area contributed by atoms with E-state index in [1.165, 1.54) is 0 Å². The number of epoxide rings is 1. The molecule has 0 radical (unpaired) electrons. The highest BCUT2D eigenvalue weighted by Crippen LogP contribution is 2.67. The fraction of sp³-hybridized carbons (Fsp3) is 0.917. The van der Waals surface area contributed by atoms with Crippen molar-refractivity contribution in [1.82, 2.24) is 0 Å². The van der Waals surface area contributed by atoms with Crippen LogP contribution in [0.1, 0.15) is 40.5 Å². The van der Waals surface area contributed by atoms with E-state index in [9.17, 15) is 4.79 Å². The van der Waals surface area contributed by atoms with Crippen LogP contribution in [0.5, 0.6) is 0 Å². The first kappa shape index (κ1) is 10.9. The molecule has 0 aromatic carbocycles. The smallest absolute Gasteiger partial charge is 0.306 e. The Balaban J connectivity index is 1.90. The number of esters is 1. The average molecular weight is 212 g/mol. The molecule has 0 aromatic heterocycles. The lowest BCUT2D eigenvalue weighted by molar-refractivity contribution is -0.150. The highest BCUT2D eigenvalue weighted by Gasteiger charge is 2.73. The molecule has 2 aliphatic rings. The first-order chi connectivity index (χ1) is 6.94. The van der Waals surface area contributed by atoms with Crippen molar-refractivity contribution in [2.45, 2.75) is 52.2 Å². The van der Waals surface area contributed by atoms with Gasteiger partial charge in [-0.05, 0) is 31.6 Å². The summed E-state index contributed by atoms with van der Waals surface area (Å²) in [4.78, 5) is 11.4. The second-order valence-corrected chi connectivity index (χ2v) is 5.28. The molecule has 1 aliphatic carbocycles. The zero-order valence-corrected chi connectivity index (χ0v) is 10.0. The van der Waals surface area contributed by atoms with Crippen LogP contribution in [0.25, 0.3) is 0 Å². The van der Waals surface area contributed by atoms with E-state index in [0.717, 1.165) is 6.42 Å². The van der Waals surface area contributed by atoms with Crippen molar-refractivity contribution in [3.8, 4) is 0 Å².